The van der Waals surface area contributed by atoms with Crippen LogP contribution in [-0.4, -0.2) is 24.5 Å². The largest absolute Gasteiger partial charge is 0.356 e. The van der Waals surface area contributed by atoms with E-state index in [4.69, 9.17) is 4.98 Å². The molecular weight excluding hydrogens is 443 g/mol. The average molecular weight is 472 g/mol. The molecule has 2 aromatic rings. The first kappa shape index (κ1) is 21.9. The lowest BCUT2D eigenvalue weighted by molar-refractivity contribution is 0.570. The van der Waals surface area contributed by atoms with Gasteiger partial charge in [-0.2, -0.15) is 0 Å². The van der Waals surface area contributed by atoms with E-state index in [0.717, 1.165) is 25.5 Å². The smallest absolute Gasteiger partial charge is 0.191 e. The minimum absolute atomic E-state index is 0. The Morgan fingerprint density at radius 3 is 2.60 bits per heavy atom. The van der Waals surface area contributed by atoms with Crippen molar-refractivity contribution in [3.63, 3.8) is 0 Å². The number of aliphatic imine (C=N–C) groups is 1. The van der Waals surface area contributed by atoms with Crippen LogP contribution in [0.3, 0.4) is 0 Å². The van der Waals surface area contributed by atoms with Crippen molar-refractivity contribution in [2.45, 2.75) is 46.1 Å². The van der Waals surface area contributed by atoms with Crippen LogP contribution in [0.1, 0.15) is 42.6 Å². The number of rotatable bonds is 5. The van der Waals surface area contributed by atoms with Gasteiger partial charge in [0.1, 0.15) is 0 Å². The highest BCUT2D eigenvalue weighted by molar-refractivity contribution is 14.0. The summed E-state index contributed by atoms with van der Waals surface area (Å²) in [6.07, 6.45) is 0.909. The summed E-state index contributed by atoms with van der Waals surface area (Å²) in [7, 11) is 1.80. The standard InChI is InChI=1S/C19H28N4S.HI/c1-14-7-6-8-15(11-14)12-22-18(20-5)21-10-9-17-23-16(13-24-17)19(2,3)4;/h6-8,11,13H,9-10,12H2,1-5H3,(H2,20,21,22);1H. The molecule has 1 aromatic heterocycles. The second kappa shape index (κ2) is 10.1. The number of nitrogens with zero attached hydrogens (tertiary/aromatic N) is 2. The number of hydrogen-bond donors (Lipinski definition) is 2. The second-order valence-corrected chi connectivity index (χ2v) is 7.91. The SMILES string of the molecule is CN=C(NCCc1nc(C(C)(C)C)cs1)NCc1cccc(C)c1.I. The zero-order valence-corrected chi connectivity index (χ0v) is 18.9. The summed E-state index contributed by atoms with van der Waals surface area (Å²) >= 11 is 1.74. The van der Waals surface area contributed by atoms with E-state index in [1.807, 2.05) is 0 Å². The molecule has 6 heteroatoms. The molecule has 0 aliphatic carbocycles. The van der Waals surface area contributed by atoms with Crippen molar-refractivity contribution < 1.29 is 0 Å². The van der Waals surface area contributed by atoms with Crippen LogP contribution in [0.5, 0.6) is 0 Å². The predicted octanol–water partition coefficient (Wildman–Crippen LogP) is 4.27. The molecule has 0 unspecified atom stereocenters. The quantitative estimate of drug-likeness (QED) is 0.388. The summed E-state index contributed by atoms with van der Waals surface area (Å²) in [5.74, 6) is 0.823. The van der Waals surface area contributed by atoms with E-state index in [1.54, 1.807) is 18.4 Å². The monoisotopic (exact) mass is 472 g/mol. The molecule has 0 aliphatic rings. The van der Waals surface area contributed by atoms with Crippen LogP contribution in [0.2, 0.25) is 0 Å². The minimum atomic E-state index is 0. The van der Waals surface area contributed by atoms with Crippen LogP contribution < -0.4 is 10.6 Å². The molecule has 0 fully saturated rings. The molecule has 0 spiro atoms. The van der Waals surface area contributed by atoms with Crippen molar-refractivity contribution in [3.8, 4) is 0 Å². The number of aromatic nitrogens is 1. The van der Waals surface area contributed by atoms with Crippen molar-refractivity contribution in [1.29, 1.82) is 0 Å². The van der Waals surface area contributed by atoms with Gasteiger partial charge in [-0.1, -0.05) is 50.6 Å². The summed E-state index contributed by atoms with van der Waals surface area (Å²) in [5.41, 5.74) is 3.82. The van der Waals surface area contributed by atoms with Crippen LogP contribution >= 0.6 is 35.3 Å². The molecule has 0 saturated heterocycles. The number of nitrogens with one attached hydrogen (secondary N) is 2. The van der Waals surface area contributed by atoms with Gasteiger partial charge in [-0.15, -0.1) is 35.3 Å². The lowest BCUT2D eigenvalue weighted by Crippen LogP contribution is -2.37. The van der Waals surface area contributed by atoms with Crippen LogP contribution in [0, 0.1) is 6.92 Å². The third-order valence-electron chi connectivity index (χ3n) is 3.72. The van der Waals surface area contributed by atoms with Gasteiger partial charge in [0, 0.05) is 37.4 Å². The second-order valence-electron chi connectivity index (χ2n) is 6.97. The molecule has 0 saturated carbocycles. The lowest BCUT2D eigenvalue weighted by atomic mass is 9.93. The van der Waals surface area contributed by atoms with Gasteiger partial charge in [0.15, 0.2) is 5.96 Å². The van der Waals surface area contributed by atoms with Gasteiger partial charge >= 0.3 is 0 Å². The van der Waals surface area contributed by atoms with E-state index in [1.165, 1.54) is 21.8 Å². The van der Waals surface area contributed by atoms with Crippen LogP contribution in [0.15, 0.2) is 34.6 Å². The van der Waals surface area contributed by atoms with E-state index in [-0.39, 0.29) is 29.4 Å². The number of halogens is 1. The van der Waals surface area contributed by atoms with Crippen LogP contribution in [-0.2, 0) is 18.4 Å². The van der Waals surface area contributed by atoms with Crippen molar-refractivity contribution >= 4 is 41.3 Å². The van der Waals surface area contributed by atoms with Crippen LogP contribution in [0.25, 0.3) is 0 Å². The maximum absolute atomic E-state index is 4.73. The van der Waals surface area contributed by atoms with Gasteiger partial charge in [-0.25, -0.2) is 4.98 Å². The fraction of sp³-hybridized carbons (Fsp3) is 0.474. The van der Waals surface area contributed by atoms with Crippen molar-refractivity contribution in [1.82, 2.24) is 15.6 Å². The summed E-state index contributed by atoms with van der Waals surface area (Å²) in [6, 6.07) is 8.50. The Morgan fingerprint density at radius 1 is 1.24 bits per heavy atom. The molecule has 138 valence electrons. The summed E-state index contributed by atoms with van der Waals surface area (Å²) in [6.45, 7) is 10.3. The summed E-state index contributed by atoms with van der Waals surface area (Å²) in [4.78, 5) is 9.00. The molecule has 0 bridgehead atoms. The fourth-order valence-corrected chi connectivity index (χ4v) is 3.31. The first-order chi connectivity index (χ1) is 11.4. The maximum Gasteiger partial charge on any atom is 0.191 e. The van der Waals surface area contributed by atoms with E-state index < -0.39 is 0 Å². The van der Waals surface area contributed by atoms with Gasteiger partial charge in [0.25, 0.3) is 0 Å². The Labute approximate surface area is 172 Å². The number of guanidine groups is 1. The normalized spacial score (nSPS) is 11.8. The molecule has 1 heterocycles. The highest BCUT2D eigenvalue weighted by atomic mass is 127. The van der Waals surface area contributed by atoms with E-state index >= 15 is 0 Å². The van der Waals surface area contributed by atoms with Gasteiger partial charge in [-0.05, 0) is 12.5 Å². The number of aryl methyl sites for hydroxylation is 1. The Balaban J connectivity index is 0.00000312. The predicted molar refractivity (Wildman–Crippen MR) is 119 cm³/mol. The van der Waals surface area contributed by atoms with Gasteiger partial charge in [0.2, 0.25) is 0 Å². The molecule has 0 radical (unpaired) electrons. The molecule has 4 nitrogen and oxygen atoms in total. The lowest BCUT2D eigenvalue weighted by Gasteiger charge is -2.14. The summed E-state index contributed by atoms with van der Waals surface area (Å²) < 4.78 is 0. The third kappa shape index (κ3) is 7.32. The zero-order valence-electron chi connectivity index (χ0n) is 15.7. The van der Waals surface area contributed by atoms with Gasteiger partial charge in [0.05, 0.1) is 10.7 Å². The maximum atomic E-state index is 4.73. The Bertz CT molecular complexity index is 689. The topological polar surface area (TPSA) is 49.3 Å². The molecule has 0 amide bonds. The molecule has 0 atom stereocenters. The first-order valence-electron chi connectivity index (χ1n) is 8.33. The highest BCUT2D eigenvalue weighted by Crippen LogP contribution is 2.23. The minimum Gasteiger partial charge on any atom is -0.356 e. The Hall–Kier alpha value is -1.15. The van der Waals surface area contributed by atoms with E-state index in [2.05, 4.69) is 73.0 Å². The highest BCUT2D eigenvalue weighted by Gasteiger charge is 2.17. The molecule has 0 aliphatic heterocycles. The molecule has 1 aromatic carbocycles. The van der Waals surface area contributed by atoms with E-state index in [9.17, 15) is 0 Å². The van der Waals surface area contributed by atoms with Crippen LogP contribution in [0.4, 0.5) is 0 Å². The van der Waals surface area contributed by atoms with Crippen molar-refractivity contribution in [2.75, 3.05) is 13.6 Å². The van der Waals surface area contributed by atoms with Crippen molar-refractivity contribution in [3.05, 3.63) is 51.5 Å². The van der Waals surface area contributed by atoms with Gasteiger partial charge < -0.3 is 10.6 Å². The molecule has 2 N–H and O–H groups in total. The molecular formula is C19H29IN4S. The number of benzene rings is 1. The zero-order chi connectivity index (χ0) is 17.6. The van der Waals surface area contributed by atoms with E-state index in [0.29, 0.717) is 0 Å². The third-order valence-corrected chi connectivity index (χ3v) is 4.63. The fourth-order valence-electron chi connectivity index (χ4n) is 2.29. The number of thiazole rings is 1. The molecule has 2 rings (SSSR count). The Morgan fingerprint density at radius 2 is 2.00 bits per heavy atom. The Kier molecular flexibility index (Phi) is 8.85. The number of hydrogen-bond acceptors (Lipinski definition) is 3. The molecule has 25 heavy (non-hydrogen) atoms. The first-order valence-corrected chi connectivity index (χ1v) is 9.21. The van der Waals surface area contributed by atoms with Gasteiger partial charge in [-0.3, -0.25) is 4.99 Å². The summed E-state index contributed by atoms with van der Waals surface area (Å²) in [5, 5.41) is 10.0. The average Bonchev–Trinajstić information content (AvgIpc) is 3.00. The van der Waals surface area contributed by atoms with Crippen molar-refractivity contribution in [2.24, 2.45) is 4.99 Å².